The first-order valence-corrected chi connectivity index (χ1v) is 8.63. The maximum absolute atomic E-state index is 11.2. The molecular weight excluding hydrogens is 284 g/mol. The third-order valence-corrected chi connectivity index (χ3v) is 6.52. The standard InChI is InChI=1S/C20H22N2O/c1-2-15-17-8-10-22-19(15,17)11-13-12-20(13,23)16-7-9-21-18-6-4-3-5-14(16)18/h2-7,9,13,15,17,22-23H,1,8,10-12H2/t13?,15?,17?,19?,20-/m1/s1. The highest BCUT2D eigenvalue weighted by atomic mass is 16.3. The Labute approximate surface area is 136 Å². The highest BCUT2D eigenvalue weighted by molar-refractivity contribution is 5.83. The van der Waals surface area contributed by atoms with Gasteiger partial charge in [-0.25, -0.2) is 0 Å². The largest absolute Gasteiger partial charge is 0.385 e. The number of rotatable bonds is 4. The Morgan fingerprint density at radius 2 is 2.22 bits per heavy atom. The van der Waals surface area contributed by atoms with E-state index in [0.717, 1.165) is 41.8 Å². The molecule has 2 aliphatic carbocycles. The molecule has 0 radical (unpaired) electrons. The number of aromatic nitrogens is 1. The third-order valence-electron chi connectivity index (χ3n) is 6.52. The van der Waals surface area contributed by atoms with Crippen molar-refractivity contribution in [2.24, 2.45) is 17.8 Å². The molecule has 3 nitrogen and oxygen atoms in total. The highest BCUT2D eigenvalue weighted by Crippen LogP contribution is 2.65. The average Bonchev–Trinajstić information content (AvgIpc) is 3.34. The van der Waals surface area contributed by atoms with Crippen LogP contribution >= 0.6 is 0 Å². The lowest BCUT2D eigenvalue weighted by atomic mass is 9.97. The molecule has 2 heterocycles. The molecule has 4 unspecified atom stereocenters. The van der Waals surface area contributed by atoms with E-state index < -0.39 is 5.60 Å². The first-order valence-electron chi connectivity index (χ1n) is 8.63. The van der Waals surface area contributed by atoms with Crippen molar-refractivity contribution in [2.45, 2.75) is 30.4 Å². The number of fused-ring (bicyclic) bond motifs is 2. The SMILES string of the molecule is C=CC1C2CCNC12CC1C[C@]1(O)c1ccnc2ccccc12. The van der Waals surface area contributed by atoms with Gasteiger partial charge in [0.1, 0.15) is 0 Å². The monoisotopic (exact) mass is 306 g/mol. The summed E-state index contributed by atoms with van der Waals surface area (Å²) in [5.74, 6) is 1.67. The van der Waals surface area contributed by atoms with Crippen molar-refractivity contribution in [2.75, 3.05) is 6.54 Å². The Kier molecular flexibility index (Phi) is 2.64. The normalized spacial score (nSPS) is 40.8. The molecule has 1 aromatic carbocycles. The van der Waals surface area contributed by atoms with E-state index in [1.165, 1.54) is 6.42 Å². The minimum Gasteiger partial charge on any atom is -0.385 e. The number of hydrogen-bond donors (Lipinski definition) is 2. The van der Waals surface area contributed by atoms with Gasteiger partial charge >= 0.3 is 0 Å². The van der Waals surface area contributed by atoms with Crippen LogP contribution in [0.5, 0.6) is 0 Å². The van der Waals surface area contributed by atoms with Crippen LogP contribution in [-0.4, -0.2) is 22.2 Å². The Morgan fingerprint density at radius 1 is 1.35 bits per heavy atom. The molecule has 23 heavy (non-hydrogen) atoms. The highest BCUT2D eigenvalue weighted by Gasteiger charge is 2.69. The predicted molar refractivity (Wildman–Crippen MR) is 90.9 cm³/mol. The van der Waals surface area contributed by atoms with Crippen LogP contribution in [0.15, 0.2) is 49.2 Å². The van der Waals surface area contributed by atoms with Gasteiger partial charge in [0.05, 0.1) is 11.1 Å². The first-order chi connectivity index (χ1) is 11.2. The number of nitrogens with zero attached hydrogens (tertiary/aromatic N) is 1. The molecule has 5 rings (SSSR count). The van der Waals surface area contributed by atoms with Gasteiger partial charge in [-0.05, 0) is 61.3 Å². The van der Waals surface area contributed by atoms with Gasteiger partial charge in [-0.15, -0.1) is 6.58 Å². The second kappa shape index (κ2) is 4.43. The molecule has 0 amide bonds. The van der Waals surface area contributed by atoms with Crippen LogP contribution in [0.25, 0.3) is 10.9 Å². The van der Waals surface area contributed by atoms with Crippen LogP contribution in [0, 0.1) is 17.8 Å². The number of piperidine rings is 1. The maximum Gasteiger partial charge on any atom is 0.0937 e. The van der Waals surface area contributed by atoms with E-state index in [4.69, 9.17) is 0 Å². The molecule has 1 aromatic heterocycles. The molecule has 5 atom stereocenters. The van der Waals surface area contributed by atoms with Gasteiger partial charge in [-0.1, -0.05) is 24.3 Å². The Hall–Kier alpha value is -1.71. The smallest absolute Gasteiger partial charge is 0.0937 e. The fraction of sp³-hybridized carbons (Fsp3) is 0.450. The van der Waals surface area contributed by atoms with Crippen LogP contribution in [0.4, 0.5) is 0 Å². The molecule has 3 aliphatic rings. The van der Waals surface area contributed by atoms with Gasteiger partial charge in [0.15, 0.2) is 0 Å². The molecule has 2 saturated carbocycles. The van der Waals surface area contributed by atoms with Crippen molar-refractivity contribution < 1.29 is 5.11 Å². The van der Waals surface area contributed by atoms with Crippen LogP contribution in [0.3, 0.4) is 0 Å². The molecule has 1 aliphatic heterocycles. The summed E-state index contributed by atoms with van der Waals surface area (Å²) in [4.78, 5) is 4.42. The van der Waals surface area contributed by atoms with E-state index in [1.54, 1.807) is 0 Å². The molecule has 118 valence electrons. The van der Waals surface area contributed by atoms with Gasteiger partial charge in [0, 0.05) is 17.1 Å². The van der Waals surface area contributed by atoms with Crippen LogP contribution in [-0.2, 0) is 5.60 Å². The zero-order chi connectivity index (χ0) is 15.7. The van der Waals surface area contributed by atoms with Crippen LogP contribution < -0.4 is 5.32 Å². The zero-order valence-corrected chi connectivity index (χ0v) is 13.2. The second-order valence-corrected chi connectivity index (χ2v) is 7.53. The van der Waals surface area contributed by atoms with E-state index in [-0.39, 0.29) is 5.54 Å². The lowest BCUT2D eigenvalue weighted by molar-refractivity contribution is 0.126. The lowest BCUT2D eigenvalue weighted by Crippen LogP contribution is -2.32. The summed E-state index contributed by atoms with van der Waals surface area (Å²) in [7, 11) is 0. The van der Waals surface area contributed by atoms with Gasteiger partial charge in [0.2, 0.25) is 0 Å². The average molecular weight is 306 g/mol. The minimum absolute atomic E-state index is 0.222. The minimum atomic E-state index is -0.680. The van der Waals surface area contributed by atoms with E-state index in [0.29, 0.717) is 11.8 Å². The van der Waals surface area contributed by atoms with Crippen LogP contribution in [0.2, 0.25) is 0 Å². The number of benzene rings is 1. The summed E-state index contributed by atoms with van der Waals surface area (Å²) in [5, 5.41) is 16.0. The Balaban J connectivity index is 1.45. The van der Waals surface area contributed by atoms with Crippen molar-refractivity contribution in [3.05, 3.63) is 54.7 Å². The van der Waals surface area contributed by atoms with E-state index >= 15 is 0 Å². The summed E-state index contributed by atoms with van der Waals surface area (Å²) in [5.41, 5.74) is 1.56. The third kappa shape index (κ3) is 1.75. The quantitative estimate of drug-likeness (QED) is 0.854. The summed E-state index contributed by atoms with van der Waals surface area (Å²) in [6, 6.07) is 10.1. The summed E-state index contributed by atoms with van der Waals surface area (Å²) >= 11 is 0. The van der Waals surface area contributed by atoms with Gasteiger partial charge < -0.3 is 10.4 Å². The van der Waals surface area contributed by atoms with Crippen molar-refractivity contribution in [3.8, 4) is 0 Å². The van der Waals surface area contributed by atoms with E-state index in [1.807, 2.05) is 30.5 Å². The molecule has 2 aromatic rings. The van der Waals surface area contributed by atoms with Gasteiger partial charge in [0.25, 0.3) is 0 Å². The number of para-hydroxylation sites is 1. The van der Waals surface area contributed by atoms with E-state index in [9.17, 15) is 5.11 Å². The molecular formula is C20H22N2O. The molecule has 2 N–H and O–H groups in total. The van der Waals surface area contributed by atoms with E-state index in [2.05, 4.69) is 29.0 Å². The van der Waals surface area contributed by atoms with Crippen molar-refractivity contribution in [1.29, 1.82) is 0 Å². The Morgan fingerprint density at radius 3 is 3.04 bits per heavy atom. The predicted octanol–water partition coefficient (Wildman–Crippen LogP) is 3.00. The van der Waals surface area contributed by atoms with Crippen LogP contribution in [0.1, 0.15) is 24.8 Å². The van der Waals surface area contributed by atoms with Crippen molar-refractivity contribution in [1.82, 2.24) is 10.3 Å². The van der Waals surface area contributed by atoms with Gasteiger partial charge in [-0.3, -0.25) is 4.98 Å². The number of hydrogen-bond acceptors (Lipinski definition) is 3. The summed E-state index contributed by atoms with van der Waals surface area (Å²) in [6.45, 7) is 5.11. The molecule has 1 saturated heterocycles. The number of pyridine rings is 1. The van der Waals surface area contributed by atoms with Gasteiger partial charge in [-0.2, -0.15) is 0 Å². The topological polar surface area (TPSA) is 45.1 Å². The maximum atomic E-state index is 11.2. The number of aliphatic hydroxyl groups is 1. The van der Waals surface area contributed by atoms with Crippen molar-refractivity contribution in [3.63, 3.8) is 0 Å². The number of nitrogens with one attached hydrogen (secondary N) is 1. The Bertz CT molecular complexity index is 798. The lowest BCUT2D eigenvalue weighted by Gasteiger charge is -2.19. The second-order valence-electron chi connectivity index (χ2n) is 7.53. The summed E-state index contributed by atoms with van der Waals surface area (Å²) < 4.78 is 0. The summed E-state index contributed by atoms with van der Waals surface area (Å²) in [6.07, 6.45) is 7.10. The zero-order valence-electron chi connectivity index (χ0n) is 13.2. The fourth-order valence-electron chi connectivity index (χ4n) is 5.20. The fourth-order valence-corrected chi connectivity index (χ4v) is 5.20. The molecule has 3 fully saturated rings. The first kappa shape index (κ1) is 13.7. The van der Waals surface area contributed by atoms with Crippen molar-refractivity contribution >= 4 is 10.9 Å². The molecule has 0 bridgehead atoms. The molecule has 0 spiro atoms. The molecule has 3 heteroatoms.